The molecule has 0 aromatic rings. The molecular weight excluding hydrogens is 188 g/mol. The SMILES string of the molecule is CCC(OC(=O)/C=C/C(=O)O)C1CO1. The van der Waals surface area contributed by atoms with Crippen molar-refractivity contribution in [2.45, 2.75) is 25.6 Å². The van der Waals surface area contributed by atoms with Gasteiger partial charge in [-0.1, -0.05) is 6.92 Å². The average molecular weight is 200 g/mol. The Morgan fingerprint density at radius 2 is 2.29 bits per heavy atom. The minimum atomic E-state index is -1.17. The molecule has 0 amide bonds. The van der Waals surface area contributed by atoms with Crippen molar-refractivity contribution in [3.05, 3.63) is 12.2 Å². The lowest BCUT2D eigenvalue weighted by Gasteiger charge is -2.11. The van der Waals surface area contributed by atoms with Gasteiger partial charge >= 0.3 is 11.9 Å². The van der Waals surface area contributed by atoms with Crippen LogP contribution in [-0.2, 0) is 19.1 Å². The van der Waals surface area contributed by atoms with E-state index in [1.165, 1.54) is 0 Å². The Balaban J connectivity index is 2.34. The molecule has 1 saturated heterocycles. The molecule has 0 radical (unpaired) electrons. The van der Waals surface area contributed by atoms with Gasteiger partial charge < -0.3 is 14.6 Å². The molecule has 0 spiro atoms. The van der Waals surface area contributed by atoms with Crippen LogP contribution >= 0.6 is 0 Å². The highest BCUT2D eigenvalue weighted by Gasteiger charge is 2.33. The summed E-state index contributed by atoms with van der Waals surface area (Å²) in [6.07, 6.45) is 2.04. The van der Waals surface area contributed by atoms with Crippen molar-refractivity contribution >= 4 is 11.9 Å². The van der Waals surface area contributed by atoms with Crippen LogP contribution in [0.3, 0.4) is 0 Å². The highest BCUT2D eigenvalue weighted by Crippen LogP contribution is 2.19. The maximum Gasteiger partial charge on any atom is 0.331 e. The second-order valence-corrected chi connectivity index (χ2v) is 2.93. The molecule has 78 valence electrons. The smallest absolute Gasteiger partial charge is 0.331 e. The minimum absolute atomic E-state index is 0.0119. The molecule has 0 aromatic carbocycles. The second kappa shape index (κ2) is 4.76. The van der Waals surface area contributed by atoms with E-state index in [4.69, 9.17) is 14.6 Å². The summed E-state index contributed by atoms with van der Waals surface area (Å²) in [5, 5.41) is 8.26. The number of carboxylic acids is 1. The summed E-state index contributed by atoms with van der Waals surface area (Å²) in [7, 11) is 0. The van der Waals surface area contributed by atoms with Crippen molar-refractivity contribution in [3.8, 4) is 0 Å². The van der Waals surface area contributed by atoms with Gasteiger partial charge in [-0.2, -0.15) is 0 Å². The summed E-state index contributed by atoms with van der Waals surface area (Å²) in [6.45, 7) is 2.48. The Bertz CT molecular complexity index is 254. The van der Waals surface area contributed by atoms with Crippen molar-refractivity contribution in [2.24, 2.45) is 0 Å². The van der Waals surface area contributed by atoms with Crippen LogP contribution in [0.15, 0.2) is 12.2 Å². The highest BCUT2D eigenvalue weighted by atomic mass is 16.6. The molecule has 2 unspecified atom stereocenters. The first-order valence-corrected chi connectivity index (χ1v) is 4.36. The van der Waals surface area contributed by atoms with E-state index in [2.05, 4.69) is 0 Å². The third kappa shape index (κ3) is 3.57. The number of aliphatic carboxylic acids is 1. The average Bonchev–Trinajstić information content (AvgIpc) is 2.94. The van der Waals surface area contributed by atoms with Crippen LogP contribution < -0.4 is 0 Å². The van der Waals surface area contributed by atoms with Crippen LogP contribution in [0.25, 0.3) is 0 Å². The van der Waals surface area contributed by atoms with E-state index in [9.17, 15) is 9.59 Å². The fourth-order valence-corrected chi connectivity index (χ4v) is 1.02. The summed E-state index contributed by atoms with van der Waals surface area (Å²) in [6, 6.07) is 0. The zero-order valence-corrected chi connectivity index (χ0v) is 7.80. The molecule has 1 aliphatic rings. The minimum Gasteiger partial charge on any atom is -0.478 e. The van der Waals surface area contributed by atoms with Crippen molar-refractivity contribution < 1.29 is 24.2 Å². The van der Waals surface area contributed by atoms with Gasteiger partial charge in [-0.15, -0.1) is 0 Å². The summed E-state index contributed by atoms with van der Waals surface area (Å²) >= 11 is 0. The normalized spacial score (nSPS) is 21.9. The predicted octanol–water partition coefficient (Wildman–Crippen LogP) is 0.348. The quantitative estimate of drug-likeness (QED) is 0.393. The third-order valence-electron chi connectivity index (χ3n) is 1.81. The number of carbonyl (C=O) groups is 2. The number of hydrogen-bond acceptors (Lipinski definition) is 4. The lowest BCUT2D eigenvalue weighted by Crippen LogP contribution is -2.21. The molecule has 0 aliphatic carbocycles. The van der Waals surface area contributed by atoms with E-state index < -0.39 is 11.9 Å². The zero-order chi connectivity index (χ0) is 10.6. The Labute approximate surface area is 81.3 Å². The van der Waals surface area contributed by atoms with Crippen molar-refractivity contribution in [1.82, 2.24) is 0 Å². The largest absolute Gasteiger partial charge is 0.478 e. The third-order valence-corrected chi connectivity index (χ3v) is 1.81. The summed E-state index contributed by atoms with van der Waals surface area (Å²) in [5.41, 5.74) is 0. The molecule has 0 bridgehead atoms. The van der Waals surface area contributed by atoms with Gasteiger partial charge in [0.1, 0.15) is 12.2 Å². The summed E-state index contributed by atoms with van der Waals surface area (Å²) in [5.74, 6) is -1.81. The number of ether oxygens (including phenoxy) is 2. The lowest BCUT2D eigenvalue weighted by molar-refractivity contribution is -0.144. The molecule has 0 aromatic heterocycles. The Morgan fingerprint density at radius 3 is 2.71 bits per heavy atom. The molecule has 14 heavy (non-hydrogen) atoms. The van der Waals surface area contributed by atoms with E-state index in [0.717, 1.165) is 12.2 Å². The molecule has 0 saturated carbocycles. The second-order valence-electron chi connectivity index (χ2n) is 2.93. The van der Waals surface area contributed by atoms with Gasteiger partial charge in [0.2, 0.25) is 0 Å². The maximum atomic E-state index is 11.0. The van der Waals surface area contributed by atoms with Crippen molar-refractivity contribution in [1.29, 1.82) is 0 Å². The Hall–Kier alpha value is -1.36. The maximum absolute atomic E-state index is 11.0. The Morgan fingerprint density at radius 1 is 1.64 bits per heavy atom. The van der Waals surface area contributed by atoms with Gasteiger partial charge in [0.25, 0.3) is 0 Å². The van der Waals surface area contributed by atoms with E-state index >= 15 is 0 Å². The van der Waals surface area contributed by atoms with E-state index in [-0.39, 0.29) is 12.2 Å². The number of esters is 1. The molecule has 2 atom stereocenters. The number of hydrogen-bond donors (Lipinski definition) is 1. The molecule has 1 rings (SSSR count). The highest BCUT2D eigenvalue weighted by molar-refractivity contribution is 5.90. The van der Waals surface area contributed by atoms with E-state index in [0.29, 0.717) is 13.0 Å². The number of rotatable bonds is 5. The number of carboxylic acid groups (broad SMARTS) is 1. The van der Waals surface area contributed by atoms with Crippen LogP contribution in [-0.4, -0.2) is 35.9 Å². The van der Waals surface area contributed by atoms with Crippen molar-refractivity contribution in [3.63, 3.8) is 0 Å². The van der Waals surface area contributed by atoms with Gasteiger partial charge in [0.05, 0.1) is 6.61 Å². The van der Waals surface area contributed by atoms with E-state index in [1.54, 1.807) is 0 Å². The van der Waals surface area contributed by atoms with E-state index in [1.807, 2.05) is 6.92 Å². The first kappa shape index (κ1) is 10.7. The van der Waals surface area contributed by atoms with Crippen LogP contribution in [0, 0.1) is 0 Å². The molecule has 5 nitrogen and oxygen atoms in total. The van der Waals surface area contributed by atoms with Crippen LogP contribution in [0.2, 0.25) is 0 Å². The zero-order valence-electron chi connectivity index (χ0n) is 7.80. The number of carbonyl (C=O) groups excluding carboxylic acids is 1. The fourth-order valence-electron chi connectivity index (χ4n) is 1.02. The van der Waals surface area contributed by atoms with Crippen molar-refractivity contribution in [2.75, 3.05) is 6.61 Å². The summed E-state index contributed by atoms with van der Waals surface area (Å²) in [4.78, 5) is 21.1. The first-order chi connectivity index (χ1) is 6.63. The van der Waals surface area contributed by atoms with Gasteiger partial charge in [0, 0.05) is 12.2 Å². The van der Waals surface area contributed by atoms with Crippen LogP contribution in [0.5, 0.6) is 0 Å². The number of epoxide rings is 1. The molecule has 1 heterocycles. The molecule has 1 aliphatic heterocycles. The van der Waals surface area contributed by atoms with Gasteiger partial charge in [-0.3, -0.25) is 0 Å². The fraction of sp³-hybridized carbons (Fsp3) is 0.556. The molecule has 5 heteroatoms. The van der Waals surface area contributed by atoms with Gasteiger partial charge in [0.15, 0.2) is 0 Å². The molecular formula is C9H12O5. The topological polar surface area (TPSA) is 76.1 Å². The standard InChI is InChI=1S/C9H12O5/c1-2-6(7-5-13-7)14-9(12)4-3-8(10)11/h3-4,6-7H,2,5H2,1H3,(H,10,11)/b4-3+. The first-order valence-electron chi connectivity index (χ1n) is 4.36. The monoisotopic (exact) mass is 200 g/mol. The lowest BCUT2D eigenvalue weighted by atomic mass is 10.2. The van der Waals surface area contributed by atoms with Gasteiger partial charge in [-0.05, 0) is 6.42 Å². The molecule has 1 N–H and O–H groups in total. The predicted molar refractivity (Wildman–Crippen MR) is 46.7 cm³/mol. The van der Waals surface area contributed by atoms with Crippen LogP contribution in [0.1, 0.15) is 13.3 Å². The van der Waals surface area contributed by atoms with Crippen LogP contribution in [0.4, 0.5) is 0 Å². The molecule has 1 fully saturated rings. The van der Waals surface area contributed by atoms with Gasteiger partial charge in [-0.25, -0.2) is 9.59 Å². The summed E-state index contributed by atoms with van der Waals surface area (Å²) < 4.78 is 9.93. The Kier molecular flexibility index (Phi) is 3.64.